The molecule has 0 aliphatic heterocycles. The number of carbonyl (C=O) groups excluding carboxylic acids is 1. The van der Waals surface area contributed by atoms with Crippen LogP contribution < -0.4 is 5.32 Å². The summed E-state index contributed by atoms with van der Waals surface area (Å²) < 4.78 is 15.4. The van der Waals surface area contributed by atoms with E-state index >= 15 is 0 Å². The number of hydrogen-bond acceptors (Lipinski definition) is 2. The van der Waals surface area contributed by atoms with Crippen molar-refractivity contribution in [1.82, 2.24) is 14.9 Å². The quantitative estimate of drug-likeness (QED) is 0.497. The molecule has 0 fully saturated rings. The van der Waals surface area contributed by atoms with E-state index in [-0.39, 0.29) is 17.8 Å². The van der Waals surface area contributed by atoms with Crippen molar-refractivity contribution in [2.75, 3.05) is 0 Å². The molecule has 1 aromatic heterocycles. The van der Waals surface area contributed by atoms with E-state index in [2.05, 4.69) is 9.88 Å². The number of rotatable bonds is 6. The molecule has 0 spiro atoms. The molecule has 4 aromatic rings. The van der Waals surface area contributed by atoms with Crippen molar-refractivity contribution in [2.45, 2.75) is 32.9 Å². The first kappa shape index (κ1) is 19.8. The molecule has 3 aromatic carbocycles. The van der Waals surface area contributed by atoms with Gasteiger partial charge in [0.1, 0.15) is 11.6 Å². The fraction of sp³-hybridized carbons (Fsp3) is 0.200. The first-order valence-electron chi connectivity index (χ1n) is 10.0. The Balaban J connectivity index is 1.60. The Hall–Kier alpha value is -3.47. The number of para-hydroxylation sites is 2. The number of benzene rings is 3. The van der Waals surface area contributed by atoms with Crippen LogP contribution in [0.2, 0.25) is 0 Å². The number of nitrogens with zero attached hydrogens (tertiary/aromatic N) is 2. The number of imidazole rings is 1. The summed E-state index contributed by atoms with van der Waals surface area (Å²) in [7, 11) is 0. The Morgan fingerprint density at radius 3 is 2.50 bits per heavy atom. The van der Waals surface area contributed by atoms with Crippen LogP contribution in [0.15, 0.2) is 72.8 Å². The van der Waals surface area contributed by atoms with Crippen LogP contribution in [0.1, 0.15) is 35.5 Å². The number of fused-ring (bicyclic) bond motifs is 1. The second-order valence-corrected chi connectivity index (χ2v) is 7.56. The minimum atomic E-state index is -0.269. The van der Waals surface area contributed by atoms with E-state index in [4.69, 9.17) is 4.98 Å². The Morgan fingerprint density at radius 1 is 1.03 bits per heavy atom. The van der Waals surface area contributed by atoms with Gasteiger partial charge < -0.3 is 9.88 Å². The topological polar surface area (TPSA) is 46.9 Å². The van der Waals surface area contributed by atoms with Crippen LogP contribution in [0.4, 0.5) is 4.39 Å². The number of aromatic nitrogens is 2. The summed E-state index contributed by atoms with van der Waals surface area (Å²) in [5.41, 5.74) is 4.94. The van der Waals surface area contributed by atoms with E-state index in [9.17, 15) is 9.18 Å². The van der Waals surface area contributed by atoms with E-state index in [0.717, 1.165) is 33.5 Å². The van der Waals surface area contributed by atoms with Crippen molar-refractivity contribution in [1.29, 1.82) is 0 Å². The van der Waals surface area contributed by atoms with Gasteiger partial charge in [-0.3, -0.25) is 4.79 Å². The molecule has 1 unspecified atom stereocenters. The SMILES string of the molecule is Cc1ccccc1CC(=O)NC(C)c1nc2ccccc2n1Cc1ccc(F)cc1. The predicted molar refractivity (Wildman–Crippen MR) is 117 cm³/mol. The molecule has 1 heterocycles. The van der Waals surface area contributed by atoms with Crippen LogP contribution in [0, 0.1) is 12.7 Å². The molecule has 30 heavy (non-hydrogen) atoms. The lowest BCUT2D eigenvalue weighted by Crippen LogP contribution is -2.30. The van der Waals surface area contributed by atoms with Crippen molar-refractivity contribution in [2.24, 2.45) is 0 Å². The number of nitrogens with one attached hydrogen (secondary N) is 1. The van der Waals surface area contributed by atoms with E-state index in [0.29, 0.717) is 13.0 Å². The molecule has 0 saturated heterocycles. The average Bonchev–Trinajstić information content (AvgIpc) is 3.10. The molecule has 1 amide bonds. The minimum absolute atomic E-state index is 0.0443. The molecule has 152 valence electrons. The zero-order valence-electron chi connectivity index (χ0n) is 17.1. The van der Waals surface area contributed by atoms with Gasteiger partial charge in [0.15, 0.2) is 0 Å². The van der Waals surface area contributed by atoms with Gasteiger partial charge >= 0.3 is 0 Å². The van der Waals surface area contributed by atoms with Gasteiger partial charge in [-0.1, -0.05) is 48.5 Å². The lowest BCUT2D eigenvalue weighted by molar-refractivity contribution is -0.121. The van der Waals surface area contributed by atoms with Gasteiger partial charge in [-0.2, -0.15) is 0 Å². The smallest absolute Gasteiger partial charge is 0.225 e. The molecule has 1 N–H and O–H groups in total. The first-order chi connectivity index (χ1) is 14.5. The van der Waals surface area contributed by atoms with Crippen LogP contribution >= 0.6 is 0 Å². The summed E-state index contributed by atoms with van der Waals surface area (Å²) in [4.78, 5) is 17.5. The van der Waals surface area contributed by atoms with Crippen LogP contribution in [0.5, 0.6) is 0 Å². The highest BCUT2D eigenvalue weighted by Gasteiger charge is 2.19. The standard InChI is InChI=1S/C25H24FN3O/c1-17-7-3-4-8-20(17)15-24(30)27-18(2)25-28-22-9-5-6-10-23(22)29(25)16-19-11-13-21(26)14-12-19/h3-14,18H,15-16H2,1-2H3,(H,27,30). The Bertz CT molecular complexity index is 1180. The van der Waals surface area contributed by atoms with Gasteiger partial charge in [0.2, 0.25) is 5.91 Å². The third-order valence-corrected chi connectivity index (χ3v) is 5.32. The van der Waals surface area contributed by atoms with Crippen molar-refractivity contribution in [3.05, 3.63) is 101 Å². The monoisotopic (exact) mass is 401 g/mol. The first-order valence-corrected chi connectivity index (χ1v) is 10.0. The van der Waals surface area contributed by atoms with Crippen molar-refractivity contribution < 1.29 is 9.18 Å². The third-order valence-electron chi connectivity index (χ3n) is 5.32. The lowest BCUT2D eigenvalue weighted by atomic mass is 10.1. The van der Waals surface area contributed by atoms with Gasteiger partial charge in [-0.15, -0.1) is 0 Å². The predicted octanol–water partition coefficient (Wildman–Crippen LogP) is 4.95. The second kappa shape index (κ2) is 8.49. The van der Waals surface area contributed by atoms with Crippen molar-refractivity contribution in [3.8, 4) is 0 Å². The molecule has 0 radical (unpaired) electrons. The maximum Gasteiger partial charge on any atom is 0.225 e. The molecule has 0 saturated carbocycles. The molecule has 1 atom stereocenters. The number of halogens is 1. The van der Waals surface area contributed by atoms with E-state index in [1.165, 1.54) is 12.1 Å². The largest absolute Gasteiger partial charge is 0.346 e. The van der Waals surface area contributed by atoms with Crippen LogP contribution in [0.3, 0.4) is 0 Å². The van der Waals surface area contributed by atoms with Crippen LogP contribution in [-0.2, 0) is 17.8 Å². The summed E-state index contributed by atoms with van der Waals surface area (Å²) in [6.45, 7) is 4.50. The zero-order valence-corrected chi connectivity index (χ0v) is 17.1. The maximum absolute atomic E-state index is 13.3. The molecule has 4 rings (SSSR count). The highest BCUT2D eigenvalue weighted by atomic mass is 19.1. The molecular formula is C25H24FN3O. The van der Waals surface area contributed by atoms with E-state index in [1.54, 1.807) is 12.1 Å². The fourth-order valence-electron chi connectivity index (χ4n) is 3.70. The Kier molecular flexibility index (Phi) is 5.61. The van der Waals surface area contributed by atoms with Gasteiger partial charge in [-0.05, 0) is 54.8 Å². The molecule has 4 nitrogen and oxygen atoms in total. The summed E-state index contributed by atoms with van der Waals surface area (Å²) >= 11 is 0. The van der Waals surface area contributed by atoms with E-state index in [1.807, 2.05) is 62.4 Å². The highest BCUT2D eigenvalue weighted by Crippen LogP contribution is 2.22. The summed E-state index contributed by atoms with van der Waals surface area (Å²) in [6.07, 6.45) is 0.329. The molecule has 0 aliphatic rings. The number of aryl methyl sites for hydroxylation is 1. The van der Waals surface area contributed by atoms with Gasteiger partial charge in [0.25, 0.3) is 0 Å². The summed E-state index contributed by atoms with van der Waals surface area (Å²) in [6, 6.07) is 22.0. The molecule has 5 heteroatoms. The Morgan fingerprint density at radius 2 is 1.73 bits per heavy atom. The highest BCUT2D eigenvalue weighted by molar-refractivity contribution is 5.80. The van der Waals surface area contributed by atoms with Gasteiger partial charge in [0, 0.05) is 6.54 Å². The Labute approximate surface area is 175 Å². The molecule has 0 aliphatic carbocycles. The summed E-state index contributed by atoms with van der Waals surface area (Å²) in [5, 5.41) is 3.09. The van der Waals surface area contributed by atoms with Crippen molar-refractivity contribution in [3.63, 3.8) is 0 Å². The maximum atomic E-state index is 13.3. The number of carbonyl (C=O) groups is 1. The van der Waals surface area contributed by atoms with Crippen LogP contribution in [0.25, 0.3) is 11.0 Å². The number of hydrogen-bond donors (Lipinski definition) is 1. The molecular weight excluding hydrogens is 377 g/mol. The fourth-order valence-corrected chi connectivity index (χ4v) is 3.70. The van der Waals surface area contributed by atoms with E-state index < -0.39 is 0 Å². The summed E-state index contributed by atoms with van der Waals surface area (Å²) in [5.74, 6) is 0.474. The number of amides is 1. The van der Waals surface area contributed by atoms with Gasteiger partial charge in [-0.25, -0.2) is 9.37 Å². The third kappa shape index (κ3) is 4.25. The zero-order chi connectivity index (χ0) is 21.1. The van der Waals surface area contributed by atoms with Crippen molar-refractivity contribution >= 4 is 16.9 Å². The lowest BCUT2D eigenvalue weighted by Gasteiger charge is -2.17. The normalized spacial score (nSPS) is 12.1. The average molecular weight is 401 g/mol. The van der Waals surface area contributed by atoms with Crippen LogP contribution in [-0.4, -0.2) is 15.5 Å². The molecule has 0 bridgehead atoms. The minimum Gasteiger partial charge on any atom is -0.346 e. The van der Waals surface area contributed by atoms with Gasteiger partial charge in [0.05, 0.1) is 23.5 Å². The second-order valence-electron chi connectivity index (χ2n) is 7.56.